The average Bonchev–Trinajstić information content (AvgIpc) is 2.88. The van der Waals surface area contributed by atoms with Crippen LogP contribution in [0.5, 0.6) is 0 Å². The predicted molar refractivity (Wildman–Crippen MR) is 76.5 cm³/mol. The van der Waals surface area contributed by atoms with Gasteiger partial charge in [0.15, 0.2) is 5.11 Å². The van der Waals surface area contributed by atoms with Crippen molar-refractivity contribution in [2.24, 2.45) is 5.10 Å². The molecule has 1 heterocycles. The lowest BCUT2D eigenvalue weighted by molar-refractivity contribution is 0.574. The van der Waals surface area contributed by atoms with Crippen molar-refractivity contribution in [3.05, 3.63) is 48.2 Å². The molecule has 18 heavy (non-hydrogen) atoms. The molecule has 4 nitrogen and oxygen atoms in total. The zero-order chi connectivity index (χ0) is 12.8. The van der Waals surface area contributed by atoms with Crippen molar-refractivity contribution in [2.45, 2.75) is 0 Å². The van der Waals surface area contributed by atoms with Gasteiger partial charge in [-0.05, 0) is 24.4 Å². The van der Waals surface area contributed by atoms with E-state index in [-0.39, 0.29) is 0 Å². The molecule has 1 aromatic heterocycles. The summed E-state index contributed by atoms with van der Waals surface area (Å²) in [7, 11) is 1.73. The van der Waals surface area contributed by atoms with Gasteiger partial charge in [0.25, 0.3) is 0 Å². The molecule has 0 saturated carbocycles. The quantitative estimate of drug-likeness (QED) is 0.505. The number of benzene rings is 1. The third-order valence-corrected chi connectivity index (χ3v) is 2.57. The zero-order valence-corrected chi connectivity index (χ0v) is 10.7. The molecule has 0 amide bonds. The van der Waals surface area contributed by atoms with Gasteiger partial charge in [0, 0.05) is 12.6 Å². The van der Waals surface area contributed by atoms with Crippen molar-refractivity contribution < 1.29 is 4.42 Å². The highest BCUT2D eigenvalue weighted by molar-refractivity contribution is 7.80. The van der Waals surface area contributed by atoms with E-state index in [1.165, 1.54) is 0 Å². The lowest BCUT2D eigenvalue weighted by Crippen LogP contribution is -2.28. The summed E-state index contributed by atoms with van der Waals surface area (Å²) in [6.07, 6.45) is 1.58. The van der Waals surface area contributed by atoms with E-state index in [0.29, 0.717) is 10.9 Å². The molecular weight excluding hydrogens is 246 g/mol. The lowest BCUT2D eigenvalue weighted by Gasteiger charge is -1.98. The summed E-state index contributed by atoms with van der Waals surface area (Å²) < 4.78 is 5.63. The predicted octanol–water partition coefficient (Wildman–Crippen LogP) is 2.37. The Balaban J connectivity index is 2.05. The van der Waals surface area contributed by atoms with Gasteiger partial charge in [-0.1, -0.05) is 30.3 Å². The van der Waals surface area contributed by atoms with E-state index in [1.807, 2.05) is 42.5 Å². The second kappa shape index (κ2) is 5.97. The number of nitrogens with zero attached hydrogens (tertiary/aromatic N) is 1. The molecule has 0 aliphatic carbocycles. The SMILES string of the molecule is CNC(=S)N/N=C/c1ccc(-c2ccccc2)o1. The van der Waals surface area contributed by atoms with Crippen LogP contribution >= 0.6 is 12.2 Å². The smallest absolute Gasteiger partial charge is 0.186 e. The molecule has 0 spiro atoms. The minimum atomic E-state index is 0.459. The van der Waals surface area contributed by atoms with Gasteiger partial charge in [0.1, 0.15) is 11.5 Å². The second-order valence-corrected chi connectivity index (χ2v) is 3.93. The van der Waals surface area contributed by atoms with Gasteiger partial charge in [-0.15, -0.1) is 0 Å². The van der Waals surface area contributed by atoms with Crippen LogP contribution in [0.25, 0.3) is 11.3 Å². The van der Waals surface area contributed by atoms with Crippen LogP contribution < -0.4 is 10.7 Å². The van der Waals surface area contributed by atoms with Crippen molar-refractivity contribution in [3.63, 3.8) is 0 Å². The van der Waals surface area contributed by atoms with Gasteiger partial charge < -0.3 is 9.73 Å². The molecule has 1 aromatic carbocycles. The summed E-state index contributed by atoms with van der Waals surface area (Å²) in [5.41, 5.74) is 3.70. The Kier molecular flexibility index (Phi) is 4.09. The Morgan fingerprint density at radius 2 is 2.00 bits per heavy atom. The normalized spacial score (nSPS) is 10.5. The molecule has 0 saturated heterocycles. The molecule has 2 aromatic rings. The highest BCUT2D eigenvalue weighted by atomic mass is 32.1. The van der Waals surface area contributed by atoms with Gasteiger partial charge in [-0.25, -0.2) is 0 Å². The van der Waals surface area contributed by atoms with E-state index < -0.39 is 0 Å². The van der Waals surface area contributed by atoms with Crippen molar-refractivity contribution in [1.82, 2.24) is 10.7 Å². The van der Waals surface area contributed by atoms with E-state index in [9.17, 15) is 0 Å². The summed E-state index contributed by atoms with van der Waals surface area (Å²) in [4.78, 5) is 0. The highest BCUT2D eigenvalue weighted by Gasteiger charge is 2.01. The standard InChI is InChI=1S/C13H13N3OS/c1-14-13(18)16-15-9-11-7-8-12(17-11)10-5-3-2-4-6-10/h2-9H,1H3,(H2,14,16,18)/b15-9+. The van der Waals surface area contributed by atoms with Crippen molar-refractivity contribution in [1.29, 1.82) is 0 Å². The van der Waals surface area contributed by atoms with Crippen LogP contribution in [0, 0.1) is 0 Å². The molecule has 0 atom stereocenters. The van der Waals surface area contributed by atoms with Gasteiger partial charge >= 0.3 is 0 Å². The third-order valence-electron chi connectivity index (χ3n) is 2.27. The Labute approximate surface area is 111 Å². The van der Waals surface area contributed by atoms with Crippen LogP contribution in [0.1, 0.15) is 5.76 Å². The number of hydrogen-bond acceptors (Lipinski definition) is 3. The minimum absolute atomic E-state index is 0.459. The summed E-state index contributed by atoms with van der Waals surface area (Å²) in [5.74, 6) is 1.48. The summed E-state index contributed by atoms with van der Waals surface area (Å²) >= 11 is 4.89. The molecule has 0 fully saturated rings. The van der Waals surface area contributed by atoms with Gasteiger partial charge in [-0.3, -0.25) is 5.43 Å². The average molecular weight is 259 g/mol. The zero-order valence-electron chi connectivity index (χ0n) is 9.88. The van der Waals surface area contributed by atoms with Crippen LogP contribution in [0.3, 0.4) is 0 Å². The number of hydrazone groups is 1. The summed E-state index contributed by atoms with van der Waals surface area (Å²) in [6.45, 7) is 0. The minimum Gasteiger partial charge on any atom is -0.455 e. The molecule has 2 N–H and O–H groups in total. The van der Waals surface area contributed by atoms with Crippen LogP contribution in [0.15, 0.2) is 52.0 Å². The van der Waals surface area contributed by atoms with Gasteiger partial charge in [0.2, 0.25) is 0 Å². The molecule has 0 aliphatic heterocycles. The first-order valence-corrected chi connectivity index (χ1v) is 5.86. The first-order valence-electron chi connectivity index (χ1n) is 5.45. The van der Waals surface area contributed by atoms with Crippen LogP contribution in [-0.2, 0) is 0 Å². The van der Waals surface area contributed by atoms with Crippen LogP contribution in [0.4, 0.5) is 0 Å². The highest BCUT2D eigenvalue weighted by Crippen LogP contribution is 2.20. The fourth-order valence-electron chi connectivity index (χ4n) is 1.39. The van der Waals surface area contributed by atoms with E-state index >= 15 is 0 Å². The largest absolute Gasteiger partial charge is 0.455 e. The lowest BCUT2D eigenvalue weighted by atomic mass is 10.2. The van der Waals surface area contributed by atoms with Gasteiger partial charge in [-0.2, -0.15) is 5.10 Å². The number of nitrogens with one attached hydrogen (secondary N) is 2. The maximum atomic E-state index is 5.63. The molecule has 0 unspecified atom stereocenters. The van der Waals surface area contributed by atoms with Crippen molar-refractivity contribution >= 4 is 23.5 Å². The number of hydrogen-bond donors (Lipinski definition) is 2. The van der Waals surface area contributed by atoms with E-state index in [1.54, 1.807) is 13.3 Å². The maximum Gasteiger partial charge on any atom is 0.186 e. The van der Waals surface area contributed by atoms with E-state index in [0.717, 1.165) is 11.3 Å². The molecular formula is C13H13N3OS. The fourth-order valence-corrected chi connectivity index (χ4v) is 1.44. The van der Waals surface area contributed by atoms with Crippen molar-refractivity contribution in [2.75, 3.05) is 7.05 Å². The molecule has 2 rings (SSSR count). The molecule has 0 bridgehead atoms. The van der Waals surface area contributed by atoms with Crippen LogP contribution in [0.2, 0.25) is 0 Å². The molecule has 0 aliphatic rings. The molecule has 0 radical (unpaired) electrons. The van der Waals surface area contributed by atoms with Crippen LogP contribution in [-0.4, -0.2) is 18.4 Å². The monoisotopic (exact) mass is 259 g/mol. The first kappa shape index (κ1) is 12.3. The topological polar surface area (TPSA) is 49.6 Å². The number of rotatable bonds is 3. The van der Waals surface area contributed by atoms with Gasteiger partial charge in [0.05, 0.1) is 6.21 Å². The second-order valence-electron chi connectivity index (χ2n) is 3.52. The fraction of sp³-hybridized carbons (Fsp3) is 0.0769. The Morgan fingerprint density at radius 3 is 2.72 bits per heavy atom. The van der Waals surface area contributed by atoms with E-state index in [2.05, 4.69) is 15.8 Å². The van der Waals surface area contributed by atoms with Crippen molar-refractivity contribution in [3.8, 4) is 11.3 Å². The first-order chi connectivity index (χ1) is 8.79. The Bertz CT molecular complexity index is 548. The maximum absolute atomic E-state index is 5.63. The Hall–Kier alpha value is -2.14. The van der Waals surface area contributed by atoms with E-state index in [4.69, 9.17) is 16.6 Å². The molecule has 5 heteroatoms. The summed E-state index contributed by atoms with van der Waals surface area (Å²) in [6, 6.07) is 13.7. The third kappa shape index (κ3) is 3.18. The molecule has 92 valence electrons. The Morgan fingerprint density at radius 1 is 1.22 bits per heavy atom. The number of furan rings is 1. The summed E-state index contributed by atoms with van der Waals surface area (Å²) in [5, 5.41) is 7.16. The number of thiocarbonyl (C=S) groups is 1.